The molecule has 1 N–H and O–H groups in total. The molecule has 1 aliphatic rings. The molecule has 0 spiro atoms. The van der Waals surface area contributed by atoms with E-state index in [0.29, 0.717) is 34.4 Å². The predicted octanol–water partition coefficient (Wildman–Crippen LogP) is 4.96. The Morgan fingerprint density at radius 3 is 2.69 bits per heavy atom. The van der Waals surface area contributed by atoms with E-state index in [1.807, 2.05) is 12.1 Å². The van der Waals surface area contributed by atoms with Gasteiger partial charge in [-0.15, -0.1) is 11.3 Å². The van der Waals surface area contributed by atoms with Gasteiger partial charge in [0, 0.05) is 29.1 Å². The van der Waals surface area contributed by atoms with E-state index in [-0.39, 0.29) is 16.6 Å². The number of methoxy groups -OCH3 is 2. The number of ether oxygens (including phenoxy) is 2. The molecule has 4 aromatic rings. The fraction of sp³-hybridized carbons (Fsp3) is 0.136. The zero-order chi connectivity index (χ0) is 22.4. The Morgan fingerprint density at radius 2 is 2.00 bits per heavy atom. The summed E-state index contributed by atoms with van der Waals surface area (Å²) in [6, 6.07) is 8.05. The highest BCUT2D eigenvalue weighted by Gasteiger charge is 2.32. The van der Waals surface area contributed by atoms with Gasteiger partial charge in [0.2, 0.25) is 0 Å². The van der Waals surface area contributed by atoms with E-state index in [2.05, 4.69) is 15.4 Å². The zero-order valence-corrected chi connectivity index (χ0v) is 18.6. The van der Waals surface area contributed by atoms with Crippen LogP contribution < -0.4 is 14.8 Å². The number of hydrogen-bond acceptors (Lipinski definition) is 6. The first-order valence-corrected chi connectivity index (χ1v) is 10.8. The molecule has 0 aliphatic heterocycles. The van der Waals surface area contributed by atoms with Crippen LogP contribution in [0.3, 0.4) is 0 Å². The lowest BCUT2D eigenvalue weighted by Gasteiger charge is -2.12. The number of nitrogens with one attached hydrogen (secondary N) is 1. The molecular formula is C22H16ClFN4O3S. The van der Waals surface area contributed by atoms with E-state index in [9.17, 15) is 9.18 Å². The molecule has 2 aromatic carbocycles. The van der Waals surface area contributed by atoms with Gasteiger partial charge in [-0.05, 0) is 35.9 Å². The summed E-state index contributed by atoms with van der Waals surface area (Å²) in [5.41, 5.74) is 4.05. The lowest BCUT2D eigenvalue weighted by atomic mass is 10.1. The summed E-state index contributed by atoms with van der Waals surface area (Å²) >= 11 is 7.34. The van der Waals surface area contributed by atoms with E-state index >= 15 is 0 Å². The Labute approximate surface area is 191 Å². The van der Waals surface area contributed by atoms with Crippen molar-refractivity contribution < 1.29 is 18.7 Å². The van der Waals surface area contributed by atoms with Crippen molar-refractivity contribution in [2.24, 2.45) is 0 Å². The standard InChI is InChI=1S/C22H16ClFN4O3S/c1-30-17-8-11-7-14-19(21(29)26-22-25-5-6-32-22)27-28(12-3-4-16(24)15(23)9-12)20(14)13(11)10-18(17)31-2/h3-6,8-10H,7H2,1-2H3,(H,25,26,29). The van der Waals surface area contributed by atoms with Gasteiger partial charge >= 0.3 is 0 Å². The normalized spacial score (nSPS) is 11.8. The van der Waals surface area contributed by atoms with E-state index in [0.717, 1.165) is 16.7 Å². The minimum Gasteiger partial charge on any atom is -0.493 e. The van der Waals surface area contributed by atoms with Crippen LogP contribution in [-0.4, -0.2) is 34.9 Å². The number of anilines is 1. The molecule has 0 saturated heterocycles. The van der Waals surface area contributed by atoms with Gasteiger partial charge in [0.15, 0.2) is 22.3 Å². The third kappa shape index (κ3) is 3.30. The Kier molecular flexibility index (Phi) is 5.07. The average molecular weight is 471 g/mol. The molecule has 0 bridgehead atoms. The van der Waals surface area contributed by atoms with Crippen LogP contribution in [0.15, 0.2) is 41.9 Å². The van der Waals surface area contributed by atoms with Crippen LogP contribution >= 0.6 is 22.9 Å². The number of carbonyl (C=O) groups is 1. The minimum atomic E-state index is -0.534. The van der Waals surface area contributed by atoms with Crippen molar-refractivity contribution in [1.29, 1.82) is 0 Å². The molecule has 2 heterocycles. The molecule has 1 aliphatic carbocycles. The lowest BCUT2D eigenvalue weighted by Crippen LogP contribution is -2.14. The van der Waals surface area contributed by atoms with Gasteiger partial charge in [-0.1, -0.05) is 11.6 Å². The molecule has 1 amide bonds. The maximum atomic E-state index is 13.8. The second-order valence-corrected chi connectivity index (χ2v) is 8.32. The number of hydrogen-bond donors (Lipinski definition) is 1. The van der Waals surface area contributed by atoms with Gasteiger partial charge in [0.25, 0.3) is 5.91 Å². The number of amides is 1. The van der Waals surface area contributed by atoms with Crippen LogP contribution in [0, 0.1) is 5.82 Å². The number of halogens is 2. The maximum absolute atomic E-state index is 13.8. The predicted molar refractivity (Wildman–Crippen MR) is 120 cm³/mol. The molecule has 0 unspecified atom stereocenters. The summed E-state index contributed by atoms with van der Waals surface area (Å²) in [6.45, 7) is 0. The number of rotatable bonds is 5. The summed E-state index contributed by atoms with van der Waals surface area (Å²) in [5, 5.41) is 9.57. The Hall–Kier alpha value is -3.43. The monoisotopic (exact) mass is 470 g/mol. The fourth-order valence-electron chi connectivity index (χ4n) is 3.80. The van der Waals surface area contributed by atoms with Gasteiger partial charge in [-0.3, -0.25) is 10.1 Å². The first-order chi connectivity index (χ1) is 15.5. The first-order valence-electron chi connectivity index (χ1n) is 9.53. The van der Waals surface area contributed by atoms with E-state index in [1.54, 1.807) is 36.5 Å². The van der Waals surface area contributed by atoms with Crippen molar-refractivity contribution in [1.82, 2.24) is 14.8 Å². The van der Waals surface area contributed by atoms with Crippen LogP contribution in [-0.2, 0) is 6.42 Å². The lowest BCUT2D eigenvalue weighted by molar-refractivity contribution is 0.102. The van der Waals surface area contributed by atoms with E-state index < -0.39 is 5.82 Å². The topological polar surface area (TPSA) is 78.3 Å². The summed E-state index contributed by atoms with van der Waals surface area (Å²) in [4.78, 5) is 17.2. The highest BCUT2D eigenvalue weighted by atomic mass is 35.5. The van der Waals surface area contributed by atoms with Gasteiger partial charge in [0.05, 0.1) is 30.6 Å². The van der Waals surface area contributed by atoms with Gasteiger partial charge in [-0.25, -0.2) is 14.1 Å². The van der Waals surface area contributed by atoms with Gasteiger partial charge in [-0.2, -0.15) is 5.10 Å². The maximum Gasteiger partial charge on any atom is 0.278 e. The molecule has 0 atom stereocenters. The molecular weight excluding hydrogens is 455 g/mol. The number of benzene rings is 2. The van der Waals surface area contributed by atoms with Crippen LogP contribution in [0.25, 0.3) is 16.9 Å². The van der Waals surface area contributed by atoms with Crippen molar-refractivity contribution in [3.05, 3.63) is 69.6 Å². The van der Waals surface area contributed by atoms with E-state index in [4.69, 9.17) is 21.1 Å². The van der Waals surface area contributed by atoms with E-state index in [1.165, 1.54) is 23.5 Å². The molecule has 10 heteroatoms. The smallest absolute Gasteiger partial charge is 0.278 e. The molecule has 162 valence electrons. The minimum absolute atomic E-state index is 0.0360. The van der Waals surface area contributed by atoms with Crippen molar-refractivity contribution in [2.45, 2.75) is 6.42 Å². The quantitative estimate of drug-likeness (QED) is 0.392. The van der Waals surface area contributed by atoms with Crippen LogP contribution in [0.5, 0.6) is 11.5 Å². The largest absolute Gasteiger partial charge is 0.493 e. The summed E-state index contributed by atoms with van der Waals surface area (Å²) in [6.07, 6.45) is 2.08. The molecule has 7 nitrogen and oxygen atoms in total. The average Bonchev–Trinajstić information content (AvgIpc) is 3.50. The third-order valence-corrected chi connectivity index (χ3v) is 6.21. The highest BCUT2D eigenvalue weighted by Crippen LogP contribution is 2.45. The van der Waals surface area contributed by atoms with Crippen LogP contribution in [0.4, 0.5) is 9.52 Å². The molecule has 32 heavy (non-hydrogen) atoms. The number of carbonyl (C=O) groups excluding carboxylic acids is 1. The van der Waals surface area contributed by atoms with Crippen molar-refractivity contribution >= 4 is 34.0 Å². The number of fused-ring (bicyclic) bond motifs is 3. The second kappa shape index (κ2) is 7.92. The first kappa shape index (κ1) is 20.5. The third-order valence-electron chi connectivity index (χ3n) is 5.23. The number of thiazole rings is 1. The molecule has 5 rings (SSSR count). The molecule has 0 saturated carbocycles. The van der Waals surface area contributed by atoms with Crippen molar-refractivity contribution in [2.75, 3.05) is 19.5 Å². The summed E-state index contributed by atoms with van der Waals surface area (Å²) < 4.78 is 26.3. The summed E-state index contributed by atoms with van der Waals surface area (Å²) in [5.74, 6) is 0.231. The highest BCUT2D eigenvalue weighted by molar-refractivity contribution is 7.13. The number of nitrogens with zero attached hydrogens (tertiary/aromatic N) is 3. The number of aromatic nitrogens is 3. The zero-order valence-electron chi connectivity index (χ0n) is 17.0. The Balaban J connectivity index is 1.70. The van der Waals surface area contributed by atoms with Crippen LogP contribution in [0.1, 0.15) is 21.6 Å². The molecule has 0 radical (unpaired) electrons. The van der Waals surface area contributed by atoms with Gasteiger partial charge in [0.1, 0.15) is 5.82 Å². The fourth-order valence-corrected chi connectivity index (χ4v) is 4.50. The van der Waals surface area contributed by atoms with Gasteiger partial charge < -0.3 is 9.47 Å². The molecule has 0 fully saturated rings. The van der Waals surface area contributed by atoms with Crippen molar-refractivity contribution in [3.63, 3.8) is 0 Å². The molecule has 2 aromatic heterocycles. The summed E-state index contributed by atoms with van der Waals surface area (Å²) in [7, 11) is 3.13. The Bertz CT molecular complexity index is 1350. The Morgan fingerprint density at radius 1 is 1.22 bits per heavy atom. The van der Waals surface area contributed by atoms with Crippen molar-refractivity contribution in [3.8, 4) is 28.4 Å². The second-order valence-electron chi connectivity index (χ2n) is 7.02. The van der Waals surface area contributed by atoms with Crippen LogP contribution in [0.2, 0.25) is 5.02 Å². The SMILES string of the molecule is COc1cc2c(cc1OC)-c1c(c(C(=O)Nc3nccs3)nn1-c1ccc(F)c(Cl)c1)C2.